The summed E-state index contributed by atoms with van der Waals surface area (Å²) in [6.45, 7) is 6.92. The quantitative estimate of drug-likeness (QED) is 0.330. The first-order valence-corrected chi connectivity index (χ1v) is 10.6. The summed E-state index contributed by atoms with van der Waals surface area (Å²) in [6.07, 6.45) is -3.31. The van der Waals surface area contributed by atoms with Gasteiger partial charge < -0.3 is 30.1 Å². The lowest BCUT2D eigenvalue weighted by Gasteiger charge is -2.42. The van der Waals surface area contributed by atoms with E-state index in [0.717, 1.165) is 5.56 Å². The van der Waals surface area contributed by atoms with Gasteiger partial charge in [0.15, 0.2) is 12.1 Å². The second-order valence-corrected chi connectivity index (χ2v) is 7.96. The van der Waals surface area contributed by atoms with Gasteiger partial charge in [-0.25, -0.2) is 4.68 Å². The molecular weight excluding hydrogens is 436 g/mol. The van der Waals surface area contributed by atoms with Crippen LogP contribution in [0, 0.1) is 11.7 Å². The third kappa shape index (κ3) is 5.08. The van der Waals surface area contributed by atoms with E-state index in [-0.39, 0.29) is 11.4 Å². The first-order chi connectivity index (χ1) is 15.3. The third-order valence-corrected chi connectivity index (χ3v) is 5.58. The minimum atomic E-state index is -1.41. The molecule has 1 saturated heterocycles. The van der Waals surface area contributed by atoms with E-state index in [9.17, 15) is 20.1 Å². The number of carbonyl (C=O) groups excluding carboxylic acids is 1. The van der Waals surface area contributed by atoms with Gasteiger partial charge in [0.1, 0.15) is 36.7 Å². The Balaban J connectivity index is 1.96. The highest BCUT2D eigenvalue weighted by Crippen LogP contribution is 2.29. The van der Waals surface area contributed by atoms with Crippen molar-refractivity contribution in [1.29, 1.82) is 0 Å². The summed E-state index contributed by atoms with van der Waals surface area (Å²) in [7, 11) is 0. The lowest BCUT2D eigenvalue weighted by Crippen LogP contribution is -2.62. The Morgan fingerprint density at radius 2 is 2.03 bits per heavy atom. The summed E-state index contributed by atoms with van der Waals surface area (Å²) in [6, 6.07) is 6.51. The topological polar surface area (TPSA) is 131 Å². The molecule has 0 unspecified atom stereocenters. The van der Waals surface area contributed by atoms with E-state index in [1.165, 1.54) is 11.6 Å². The molecule has 5 atom stereocenters. The molecule has 1 fully saturated rings. The van der Waals surface area contributed by atoms with Crippen molar-refractivity contribution < 1.29 is 29.6 Å². The average molecular weight is 465 g/mol. The van der Waals surface area contributed by atoms with Crippen molar-refractivity contribution in [2.24, 2.45) is 0 Å². The number of aliphatic hydroxyl groups excluding tert-OH is 3. The summed E-state index contributed by atoms with van der Waals surface area (Å²) in [5.41, 5.74) is 1.11. The molecule has 11 heteroatoms. The van der Waals surface area contributed by atoms with Gasteiger partial charge in [0.2, 0.25) is 10.7 Å². The molecule has 1 aliphatic rings. The van der Waals surface area contributed by atoms with Crippen LogP contribution in [-0.4, -0.2) is 66.5 Å². The average Bonchev–Trinajstić information content (AvgIpc) is 3.07. The van der Waals surface area contributed by atoms with E-state index in [1.807, 2.05) is 31.2 Å². The maximum Gasteiger partial charge on any atom is 0.217 e. The Labute approximate surface area is 190 Å². The zero-order valence-corrected chi connectivity index (χ0v) is 18.7. The van der Waals surface area contributed by atoms with Gasteiger partial charge in [0.25, 0.3) is 0 Å². The smallest absolute Gasteiger partial charge is 0.217 e. The Kier molecular flexibility index (Phi) is 7.80. The van der Waals surface area contributed by atoms with Crippen LogP contribution in [0.2, 0.25) is 0 Å². The number of nitrogens with one attached hydrogen (secondary N) is 1. The summed E-state index contributed by atoms with van der Waals surface area (Å²) in [5.74, 6) is 0.698. The van der Waals surface area contributed by atoms with Crippen LogP contribution in [0.25, 0.3) is 0 Å². The van der Waals surface area contributed by atoms with Crippen LogP contribution in [-0.2, 0) is 22.7 Å². The molecule has 0 spiro atoms. The molecule has 2 heterocycles. The Morgan fingerprint density at radius 1 is 1.34 bits per heavy atom. The Hall–Kier alpha value is -2.57. The van der Waals surface area contributed by atoms with Crippen molar-refractivity contribution in [3.05, 3.63) is 53.1 Å². The Morgan fingerprint density at radius 3 is 2.62 bits per heavy atom. The van der Waals surface area contributed by atoms with Crippen LogP contribution < -0.4 is 10.1 Å². The van der Waals surface area contributed by atoms with Crippen LogP contribution in [0.15, 0.2) is 36.9 Å². The van der Waals surface area contributed by atoms with Crippen molar-refractivity contribution in [3.63, 3.8) is 0 Å². The number of ether oxygens (including phenoxy) is 2. The Bertz CT molecular complexity index is 1000. The van der Waals surface area contributed by atoms with Crippen molar-refractivity contribution >= 4 is 18.1 Å². The van der Waals surface area contributed by atoms with E-state index in [4.69, 9.17) is 21.7 Å². The van der Waals surface area contributed by atoms with Gasteiger partial charge in [0.05, 0.1) is 6.61 Å². The van der Waals surface area contributed by atoms with E-state index in [2.05, 4.69) is 17.0 Å². The highest BCUT2D eigenvalue weighted by atomic mass is 32.1. The maximum absolute atomic E-state index is 11.7. The number of hydrogen-bond acceptors (Lipinski definition) is 8. The number of benzene rings is 1. The van der Waals surface area contributed by atoms with Gasteiger partial charge in [0, 0.05) is 13.5 Å². The molecule has 2 aromatic rings. The first kappa shape index (κ1) is 24.1. The van der Waals surface area contributed by atoms with Crippen molar-refractivity contribution in [1.82, 2.24) is 19.7 Å². The second kappa shape index (κ2) is 10.4. The van der Waals surface area contributed by atoms with Gasteiger partial charge in [-0.1, -0.05) is 23.8 Å². The third-order valence-electron chi connectivity index (χ3n) is 5.17. The molecule has 0 saturated carbocycles. The molecule has 10 nitrogen and oxygen atoms in total. The van der Waals surface area contributed by atoms with Crippen LogP contribution >= 0.6 is 12.2 Å². The SMILES string of the molecule is C=CCn1c(COc2ccc(C)cc2)nn([C@@H]2O[C@H](CO)[C@@H](O)[C@H](O)[C@H]2NC(C)=O)c1=S. The number of hydrogen-bond donors (Lipinski definition) is 4. The van der Waals surface area contributed by atoms with Crippen LogP contribution in [0.1, 0.15) is 24.5 Å². The second-order valence-electron chi connectivity index (χ2n) is 7.60. The number of aliphatic hydroxyl groups is 3. The predicted octanol–water partition coefficient (Wildman–Crippen LogP) is 0.604. The fourth-order valence-electron chi connectivity index (χ4n) is 3.52. The molecule has 1 aromatic carbocycles. The highest BCUT2D eigenvalue weighted by molar-refractivity contribution is 7.71. The molecule has 1 aliphatic heterocycles. The number of carbonyl (C=O) groups is 1. The molecule has 32 heavy (non-hydrogen) atoms. The number of rotatable bonds is 8. The molecule has 4 N–H and O–H groups in total. The normalized spacial score (nSPS) is 25.3. The van der Waals surface area contributed by atoms with Crippen LogP contribution in [0.4, 0.5) is 0 Å². The number of aryl methyl sites for hydroxylation is 1. The zero-order valence-electron chi connectivity index (χ0n) is 17.9. The molecule has 0 bridgehead atoms. The van der Waals surface area contributed by atoms with Gasteiger partial charge in [-0.05, 0) is 31.3 Å². The molecule has 1 aromatic heterocycles. The minimum absolute atomic E-state index is 0.0969. The maximum atomic E-state index is 11.7. The van der Waals surface area contributed by atoms with Gasteiger partial charge in [-0.2, -0.15) is 5.10 Å². The molecule has 3 rings (SSSR count). The van der Waals surface area contributed by atoms with Gasteiger partial charge >= 0.3 is 0 Å². The van der Waals surface area contributed by atoms with Crippen molar-refractivity contribution in [2.75, 3.05) is 6.61 Å². The monoisotopic (exact) mass is 464 g/mol. The lowest BCUT2D eigenvalue weighted by atomic mass is 9.96. The van der Waals surface area contributed by atoms with E-state index in [1.54, 1.807) is 10.6 Å². The number of aromatic nitrogens is 3. The molecule has 0 radical (unpaired) electrons. The summed E-state index contributed by atoms with van der Waals surface area (Å²) < 4.78 is 14.9. The summed E-state index contributed by atoms with van der Waals surface area (Å²) in [4.78, 5) is 11.7. The number of nitrogens with zero attached hydrogens (tertiary/aromatic N) is 3. The number of amides is 1. The predicted molar refractivity (Wildman–Crippen MR) is 117 cm³/mol. The first-order valence-electron chi connectivity index (χ1n) is 10.1. The molecular formula is C21H28N4O6S. The van der Waals surface area contributed by atoms with Crippen molar-refractivity contribution in [3.8, 4) is 5.75 Å². The minimum Gasteiger partial charge on any atom is -0.486 e. The standard InChI is InChI=1S/C21H28N4O6S/c1-4-9-24-16(11-30-14-7-5-12(2)6-8-14)23-25(21(24)32)20-17(22-13(3)27)19(29)18(28)15(10-26)31-20/h4-8,15,17-20,26,28-29H,1,9-11H2,2-3H3,(H,22,27)/t15-,17-,18-,19-,20-/m1/s1. The number of allylic oxidation sites excluding steroid dienone is 1. The van der Waals surface area contributed by atoms with E-state index >= 15 is 0 Å². The largest absolute Gasteiger partial charge is 0.486 e. The molecule has 1 amide bonds. The summed E-state index contributed by atoms with van der Waals surface area (Å²) >= 11 is 5.58. The molecule has 0 aliphatic carbocycles. The van der Waals surface area contributed by atoms with E-state index in [0.29, 0.717) is 18.1 Å². The van der Waals surface area contributed by atoms with Crippen LogP contribution in [0.3, 0.4) is 0 Å². The van der Waals surface area contributed by atoms with Crippen LogP contribution in [0.5, 0.6) is 5.75 Å². The van der Waals surface area contributed by atoms with Crippen molar-refractivity contribution in [2.45, 2.75) is 57.6 Å². The fourth-order valence-corrected chi connectivity index (χ4v) is 3.84. The highest BCUT2D eigenvalue weighted by Gasteiger charge is 2.46. The van der Waals surface area contributed by atoms with E-state index < -0.39 is 43.1 Å². The zero-order chi connectivity index (χ0) is 23.4. The van der Waals surface area contributed by atoms with Gasteiger partial charge in [-0.3, -0.25) is 9.36 Å². The fraction of sp³-hybridized carbons (Fsp3) is 0.476. The summed E-state index contributed by atoms with van der Waals surface area (Å²) in [5, 5.41) is 37.5. The van der Waals surface area contributed by atoms with Gasteiger partial charge in [-0.15, -0.1) is 6.58 Å². The lowest BCUT2D eigenvalue weighted by molar-refractivity contribution is -0.219. The molecule has 174 valence electrons.